The highest BCUT2D eigenvalue weighted by Crippen LogP contribution is 2.09. The van der Waals surface area contributed by atoms with Crippen LogP contribution in [0.5, 0.6) is 0 Å². The van der Waals surface area contributed by atoms with Crippen molar-refractivity contribution in [2.45, 2.75) is 32.4 Å². The van der Waals surface area contributed by atoms with Crippen molar-refractivity contribution in [1.82, 2.24) is 15.4 Å². The van der Waals surface area contributed by atoms with E-state index in [9.17, 15) is 0 Å². The third kappa shape index (κ3) is 3.04. The van der Waals surface area contributed by atoms with Gasteiger partial charge >= 0.3 is 0 Å². The smallest absolute Gasteiger partial charge is 0.133 e. The number of rotatable bonds is 3. The molecule has 0 aliphatic carbocycles. The predicted molar refractivity (Wildman–Crippen MR) is 58.6 cm³/mol. The molecule has 0 spiro atoms. The summed E-state index contributed by atoms with van der Waals surface area (Å²) in [4.78, 5) is 2.37. The molecule has 0 amide bonds. The molecule has 0 bridgehead atoms. The first-order valence-electron chi connectivity index (χ1n) is 5.58. The van der Waals surface area contributed by atoms with Gasteiger partial charge in [0.25, 0.3) is 0 Å². The maximum absolute atomic E-state index is 5.03. The Morgan fingerprint density at radius 3 is 3.20 bits per heavy atom. The van der Waals surface area contributed by atoms with E-state index < -0.39 is 0 Å². The minimum Gasteiger partial charge on any atom is -0.361 e. The molecule has 0 aromatic carbocycles. The van der Waals surface area contributed by atoms with Crippen LogP contribution in [-0.4, -0.2) is 36.2 Å². The molecule has 1 unspecified atom stereocenters. The van der Waals surface area contributed by atoms with Gasteiger partial charge in [-0.3, -0.25) is 0 Å². The van der Waals surface area contributed by atoms with Crippen molar-refractivity contribution >= 4 is 0 Å². The Bertz CT molecular complexity index is 311. The highest BCUT2D eigenvalue weighted by atomic mass is 16.5. The molecule has 2 heterocycles. The largest absolute Gasteiger partial charge is 0.361 e. The van der Waals surface area contributed by atoms with Gasteiger partial charge in [-0.25, -0.2) is 0 Å². The van der Waals surface area contributed by atoms with Crippen LogP contribution in [0, 0.1) is 6.92 Å². The second-order valence-electron chi connectivity index (χ2n) is 4.41. The standard InChI is InChI=1S/C11H19N3O/c1-9-6-11(13-15-9)7-12-10-4-3-5-14(2)8-10/h6,10,12H,3-5,7-8H2,1-2H3. The molecule has 1 saturated heterocycles. The summed E-state index contributed by atoms with van der Waals surface area (Å²) in [5, 5.41) is 7.49. The van der Waals surface area contributed by atoms with Gasteiger partial charge in [-0.1, -0.05) is 5.16 Å². The van der Waals surface area contributed by atoms with E-state index in [-0.39, 0.29) is 0 Å². The van der Waals surface area contributed by atoms with Crippen LogP contribution >= 0.6 is 0 Å². The molecule has 2 rings (SSSR count). The molecule has 1 N–H and O–H groups in total. The highest BCUT2D eigenvalue weighted by Gasteiger charge is 2.16. The molecule has 1 aliphatic rings. The fraction of sp³-hybridized carbons (Fsp3) is 0.727. The Morgan fingerprint density at radius 1 is 1.67 bits per heavy atom. The summed E-state index contributed by atoms with van der Waals surface area (Å²) >= 11 is 0. The minimum atomic E-state index is 0.598. The third-order valence-corrected chi connectivity index (χ3v) is 2.87. The molecule has 1 fully saturated rings. The Balaban J connectivity index is 1.77. The highest BCUT2D eigenvalue weighted by molar-refractivity contribution is 5.03. The molecule has 1 aromatic heterocycles. The first kappa shape index (κ1) is 10.6. The molecule has 0 radical (unpaired) electrons. The summed E-state index contributed by atoms with van der Waals surface area (Å²) in [6.45, 7) is 5.10. The van der Waals surface area contributed by atoms with E-state index in [2.05, 4.69) is 22.4 Å². The summed E-state index contributed by atoms with van der Waals surface area (Å²) in [7, 11) is 2.17. The first-order chi connectivity index (χ1) is 7.24. The molecule has 84 valence electrons. The van der Waals surface area contributed by atoms with Crippen molar-refractivity contribution in [3.05, 3.63) is 17.5 Å². The average Bonchev–Trinajstić information content (AvgIpc) is 2.62. The molecule has 1 aromatic rings. The van der Waals surface area contributed by atoms with Gasteiger partial charge in [-0.2, -0.15) is 0 Å². The zero-order valence-electron chi connectivity index (χ0n) is 9.49. The van der Waals surface area contributed by atoms with Gasteiger partial charge in [-0.15, -0.1) is 0 Å². The number of piperidine rings is 1. The van der Waals surface area contributed by atoms with Crippen LogP contribution in [0.1, 0.15) is 24.3 Å². The number of aryl methyl sites for hydroxylation is 1. The summed E-state index contributed by atoms with van der Waals surface area (Å²) in [5.41, 5.74) is 1.00. The first-order valence-corrected chi connectivity index (χ1v) is 5.58. The molecule has 0 saturated carbocycles. The van der Waals surface area contributed by atoms with Crippen LogP contribution in [-0.2, 0) is 6.54 Å². The summed E-state index contributed by atoms with van der Waals surface area (Å²) in [5.74, 6) is 0.882. The number of likely N-dealkylation sites (tertiary alicyclic amines) is 1. The SMILES string of the molecule is Cc1cc(CNC2CCCN(C)C2)no1. The maximum atomic E-state index is 5.03. The van der Waals surface area contributed by atoms with E-state index in [4.69, 9.17) is 4.52 Å². The van der Waals surface area contributed by atoms with Gasteiger partial charge in [-0.05, 0) is 33.4 Å². The van der Waals surface area contributed by atoms with Gasteiger partial charge in [0.05, 0.1) is 5.69 Å². The monoisotopic (exact) mass is 209 g/mol. The average molecular weight is 209 g/mol. The zero-order chi connectivity index (χ0) is 10.7. The van der Waals surface area contributed by atoms with Crippen LogP contribution in [0.2, 0.25) is 0 Å². The zero-order valence-corrected chi connectivity index (χ0v) is 9.49. The minimum absolute atomic E-state index is 0.598. The van der Waals surface area contributed by atoms with Gasteiger partial charge in [0, 0.05) is 25.2 Å². The number of hydrogen-bond acceptors (Lipinski definition) is 4. The van der Waals surface area contributed by atoms with E-state index in [1.54, 1.807) is 0 Å². The second-order valence-corrected chi connectivity index (χ2v) is 4.41. The van der Waals surface area contributed by atoms with Gasteiger partial charge in [0.2, 0.25) is 0 Å². The molecule has 15 heavy (non-hydrogen) atoms. The number of aromatic nitrogens is 1. The lowest BCUT2D eigenvalue weighted by atomic mass is 10.1. The summed E-state index contributed by atoms with van der Waals surface area (Å²) in [6, 6.07) is 2.58. The molecule has 1 atom stereocenters. The fourth-order valence-corrected chi connectivity index (χ4v) is 2.08. The number of hydrogen-bond donors (Lipinski definition) is 1. The number of nitrogens with one attached hydrogen (secondary N) is 1. The lowest BCUT2D eigenvalue weighted by molar-refractivity contribution is 0.225. The molecular formula is C11H19N3O. The van der Waals surface area contributed by atoms with Crippen molar-refractivity contribution in [2.75, 3.05) is 20.1 Å². The van der Waals surface area contributed by atoms with Gasteiger partial charge in [0.15, 0.2) is 0 Å². The maximum Gasteiger partial charge on any atom is 0.133 e. The van der Waals surface area contributed by atoms with E-state index >= 15 is 0 Å². The Hall–Kier alpha value is -0.870. The molecule has 4 nitrogen and oxygen atoms in total. The van der Waals surface area contributed by atoms with Crippen molar-refractivity contribution in [3.8, 4) is 0 Å². The molecular weight excluding hydrogens is 190 g/mol. The third-order valence-electron chi connectivity index (χ3n) is 2.87. The quantitative estimate of drug-likeness (QED) is 0.811. The molecule has 4 heteroatoms. The van der Waals surface area contributed by atoms with Crippen molar-refractivity contribution in [1.29, 1.82) is 0 Å². The Labute approximate surface area is 90.6 Å². The lowest BCUT2D eigenvalue weighted by Crippen LogP contribution is -2.43. The second kappa shape index (κ2) is 4.77. The topological polar surface area (TPSA) is 41.3 Å². The Morgan fingerprint density at radius 2 is 2.53 bits per heavy atom. The van der Waals surface area contributed by atoms with Crippen LogP contribution < -0.4 is 5.32 Å². The Kier molecular flexibility index (Phi) is 3.38. The van der Waals surface area contributed by atoms with Gasteiger partial charge in [0.1, 0.15) is 5.76 Å². The fourth-order valence-electron chi connectivity index (χ4n) is 2.08. The van der Waals surface area contributed by atoms with Crippen molar-refractivity contribution in [2.24, 2.45) is 0 Å². The summed E-state index contributed by atoms with van der Waals surface area (Å²) in [6.07, 6.45) is 2.55. The normalized spacial score (nSPS) is 23.2. The number of likely N-dealkylation sites (N-methyl/N-ethyl adjacent to an activating group) is 1. The lowest BCUT2D eigenvalue weighted by Gasteiger charge is -2.30. The van der Waals surface area contributed by atoms with Crippen LogP contribution in [0.15, 0.2) is 10.6 Å². The number of nitrogens with zero attached hydrogens (tertiary/aromatic N) is 2. The predicted octanol–water partition coefficient (Wildman–Crippen LogP) is 1.17. The van der Waals surface area contributed by atoms with Crippen LogP contribution in [0.3, 0.4) is 0 Å². The van der Waals surface area contributed by atoms with Crippen molar-refractivity contribution < 1.29 is 4.52 Å². The summed E-state index contributed by atoms with van der Waals surface area (Å²) < 4.78 is 5.03. The van der Waals surface area contributed by atoms with E-state index in [0.717, 1.165) is 24.5 Å². The van der Waals surface area contributed by atoms with E-state index in [1.807, 2.05) is 13.0 Å². The van der Waals surface area contributed by atoms with E-state index in [0.29, 0.717) is 6.04 Å². The van der Waals surface area contributed by atoms with Crippen LogP contribution in [0.4, 0.5) is 0 Å². The van der Waals surface area contributed by atoms with Crippen molar-refractivity contribution in [3.63, 3.8) is 0 Å². The van der Waals surface area contributed by atoms with E-state index in [1.165, 1.54) is 19.4 Å². The van der Waals surface area contributed by atoms with Gasteiger partial charge < -0.3 is 14.7 Å². The van der Waals surface area contributed by atoms with Crippen LogP contribution in [0.25, 0.3) is 0 Å². The molecule has 1 aliphatic heterocycles.